The molecule has 158 valence electrons. The number of imide groups is 2. The molecular formula is C19H19N3O6S2. The molecule has 11 heteroatoms. The van der Waals surface area contributed by atoms with Crippen LogP contribution < -0.4 is 0 Å². The number of nitrogens with zero attached hydrogens (tertiary/aromatic N) is 3. The third-order valence-electron chi connectivity index (χ3n) is 4.07. The zero-order chi connectivity index (χ0) is 22.4. The lowest BCUT2D eigenvalue weighted by Crippen LogP contribution is -2.47. The topological polar surface area (TPSA) is 97.6 Å². The average molecular weight is 450 g/mol. The van der Waals surface area contributed by atoms with Gasteiger partial charge in [-0.05, 0) is 43.0 Å². The van der Waals surface area contributed by atoms with Crippen LogP contribution in [0.15, 0.2) is 30.3 Å². The highest BCUT2D eigenvalue weighted by Gasteiger charge is 2.58. The second kappa shape index (κ2) is 10.2. The maximum atomic E-state index is 12.8. The number of amides is 4. The van der Waals surface area contributed by atoms with Gasteiger partial charge in [-0.15, -0.1) is 0 Å². The van der Waals surface area contributed by atoms with Crippen LogP contribution in [0.5, 0.6) is 0 Å². The third kappa shape index (κ3) is 4.95. The number of rotatable bonds is 5. The summed E-state index contributed by atoms with van der Waals surface area (Å²) in [4.78, 5) is 54.5. The highest BCUT2D eigenvalue weighted by atomic mass is 32.2. The second-order valence-electron chi connectivity index (χ2n) is 6.03. The Morgan fingerprint density at radius 2 is 1.80 bits per heavy atom. The number of urea groups is 1. The first-order chi connectivity index (χ1) is 14.2. The van der Waals surface area contributed by atoms with Gasteiger partial charge in [0.25, 0.3) is 0 Å². The number of thioether (sulfide) groups is 1. The highest BCUT2D eigenvalue weighted by Crippen LogP contribution is 2.36. The number of hydrogen-bond donors (Lipinski definition) is 0. The van der Waals surface area contributed by atoms with E-state index < -0.39 is 41.5 Å². The molecule has 1 aliphatic heterocycles. The molecule has 0 saturated carbocycles. The van der Waals surface area contributed by atoms with Crippen molar-refractivity contribution in [3.63, 3.8) is 0 Å². The van der Waals surface area contributed by atoms with Crippen LogP contribution in [0.4, 0.5) is 4.79 Å². The molecule has 1 aromatic carbocycles. The van der Waals surface area contributed by atoms with Crippen LogP contribution >= 0.6 is 24.0 Å². The molecule has 1 heterocycles. The molecule has 3 atom stereocenters. The first-order valence-electron chi connectivity index (χ1n) is 8.82. The summed E-state index contributed by atoms with van der Waals surface area (Å²) in [6, 6.07) is 5.78. The zero-order valence-corrected chi connectivity index (χ0v) is 18.1. The van der Waals surface area contributed by atoms with Gasteiger partial charge in [0, 0.05) is 13.8 Å². The zero-order valence-electron chi connectivity index (χ0n) is 16.4. The average Bonchev–Trinajstić information content (AvgIpc) is 2.98. The van der Waals surface area contributed by atoms with Gasteiger partial charge in [0.15, 0.2) is 6.04 Å². The molecule has 2 rings (SSSR count). The van der Waals surface area contributed by atoms with E-state index >= 15 is 0 Å². The Balaban J connectivity index is 2.44. The van der Waals surface area contributed by atoms with E-state index in [9.17, 15) is 19.2 Å². The van der Waals surface area contributed by atoms with Crippen molar-refractivity contribution in [1.82, 2.24) is 9.80 Å². The molecule has 0 aromatic heterocycles. The fraction of sp³-hybridized carbons (Fsp3) is 0.368. The summed E-state index contributed by atoms with van der Waals surface area (Å²) in [5.74, 6) is -2.15. The molecule has 0 bridgehead atoms. The Kier molecular flexibility index (Phi) is 7.91. The minimum atomic E-state index is -1.56. The van der Waals surface area contributed by atoms with E-state index in [0.29, 0.717) is 0 Å². The molecule has 0 spiro atoms. The van der Waals surface area contributed by atoms with E-state index in [1.54, 1.807) is 25.1 Å². The molecule has 1 aromatic rings. The normalized spacial score (nSPS) is 19.1. The van der Waals surface area contributed by atoms with Crippen molar-refractivity contribution < 1.29 is 28.7 Å². The summed E-state index contributed by atoms with van der Waals surface area (Å²) in [6.45, 7) is 11.8. The van der Waals surface area contributed by atoms with Gasteiger partial charge in [-0.2, -0.15) is 0 Å². The number of ether oxygens (including phenoxy) is 2. The van der Waals surface area contributed by atoms with E-state index in [-0.39, 0.29) is 16.6 Å². The van der Waals surface area contributed by atoms with Gasteiger partial charge in [0.1, 0.15) is 5.37 Å². The number of hydrogen-bond acceptors (Lipinski definition) is 8. The first kappa shape index (κ1) is 23.3. The van der Waals surface area contributed by atoms with Crippen molar-refractivity contribution in [2.24, 2.45) is 0 Å². The molecule has 30 heavy (non-hydrogen) atoms. The molecule has 0 radical (unpaired) electrons. The summed E-state index contributed by atoms with van der Waals surface area (Å²) < 4.78 is 10.6. The second-order valence-corrected chi connectivity index (χ2v) is 7.75. The summed E-state index contributed by atoms with van der Waals surface area (Å²) in [5.41, 5.74) is 0.197. The Morgan fingerprint density at radius 3 is 2.30 bits per heavy atom. The van der Waals surface area contributed by atoms with Crippen molar-refractivity contribution in [2.45, 2.75) is 38.4 Å². The summed E-state index contributed by atoms with van der Waals surface area (Å²) in [5, 5.41) is -1.10. The van der Waals surface area contributed by atoms with E-state index in [1.165, 1.54) is 12.1 Å². The van der Waals surface area contributed by atoms with Crippen LogP contribution in [0, 0.1) is 6.57 Å². The molecule has 0 N–H and O–H groups in total. The third-order valence-corrected chi connectivity index (χ3v) is 5.52. The van der Waals surface area contributed by atoms with Gasteiger partial charge < -0.3 is 9.47 Å². The van der Waals surface area contributed by atoms with Crippen molar-refractivity contribution in [3.05, 3.63) is 47.3 Å². The number of esters is 1. The van der Waals surface area contributed by atoms with Gasteiger partial charge in [-0.1, -0.05) is 18.2 Å². The van der Waals surface area contributed by atoms with Gasteiger partial charge >= 0.3 is 18.2 Å². The van der Waals surface area contributed by atoms with E-state index in [1.807, 2.05) is 0 Å². The van der Waals surface area contributed by atoms with Crippen LogP contribution in [0.25, 0.3) is 4.85 Å². The van der Waals surface area contributed by atoms with Crippen molar-refractivity contribution in [3.8, 4) is 0 Å². The summed E-state index contributed by atoms with van der Waals surface area (Å²) in [7, 11) is 0. The van der Waals surface area contributed by atoms with Crippen LogP contribution in [-0.2, 0) is 19.1 Å². The Bertz CT molecular complexity index is 901. The van der Waals surface area contributed by atoms with E-state index in [2.05, 4.69) is 4.85 Å². The number of carbonyl (C=O) groups is 4. The van der Waals surface area contributed by atoms with E-state index in [4.69, 9.17) is 28.3 Å². The largest absolute Gasteiger partial charge is 0.479 e. The van der Waals surface area contributed by atoms with Crippen molar-refractivity contribution in [2.75, 3.05) is 6.61 Å². The van der Waals surface area contributed by atoms with Gasteiger partial charge in [-0.25, -0.2) is 26.0 Å². The minimum absolute atomic E-state index is 0.0232. The monoisotopic (exact) mass is 449 g/mol. The highest BCUT2D eigenvalue weighted by molar-refractivity contribution is 8.23. The molecule has 1 aliphatic rings. The van der Waals surface area contributed by atoms with Gasteiger partial charge in [0.05, 0.1) is 12.2 Å². The minimum Gasteiger partial charge on any atom is -0.479 e. The van der Waals surface area contributed by atoms with Crippen LogP contribution in [0.3, 0.4) is 0 Å². The SMILES string of the molecule is [C-]#[N+]C(OC(=O)c1ccccc1)C1[C@@H](SC(=S)OCC)N(C(C)=O)C(=O)N1C(C)=O. The summed E-state index contributed by atoms with van der Waals surface area (Å²) in [6.07, 6.45) is -1.56. The Labute approximate surface area is 183 Å². The molecule has 1 saturated heterocycles. The van der Waals surface area contributed by atoms with Crippen LogP contribution in [0.2, 0.25) is 0 Å². The fourth-order valence-electron chi connectivity index (χ4n) is 2.86. The van der Waals surface area contributed by atoms with Gasteiger partial charge in [-0.3, -0.25) is 14.4 Å². The number of thiocarbonyl (C=S) groups is 1. The molecule has 1 fully saturated rings. The predicted molar refractivity (Wildman–Crippen MR) is 112 cm³/mol. The van der Waals surface area contributed by atoms with Crippen LogP contribution in [-0.4, -0.2) is 62.2 Å². The van der Waals surface area contributed by atoms with Crippen LogP contribution in [0.1, 0.15) is 31.1 Å². The standard InChI is InChI=1S/C19H19N3O6S2/c1-5-27-19(29)30-16-14(21(11(2)23)18(26)22(16)12(3)24)15(20-4)28-17(25)13-9-7-6-8-10-13/h6-10,14-16H,5H2,1-3H3/t14?,15?,16-/m1/s1. The molecule has 0 aliphatic carbocycles. The molecule has 9 nitrogen and oxygen atoms in total. The number of benzene rings is 1. The van der Waals surface area contributed by atoms with E-state index in [0.717, 1.165) is 35.4 Å². The first-order valence-corrected chi connectivity index (χ1v) is 10.1. The molecule has 2 unspecified atom stereocenters. The maximum Gasteiger partial charge on any atom is 0.392 e. The lowest BCUT2D eigenvalue weighted by Gasteiger charge is -2.25. The number of carbonyl (C=O) groups excluding carboxylic acids is 4. The maximum absolute atomic E-state index is 12.8. The van der Waals surface area contributed by atoms with Gasteiger partial charge in [0.2, 0.25) is 16.2 Å². The Morgan fingerprint density at radius 1 is 1.20 bits per heavy atom. The predicted octanol–water partition coefficient (Wildman–Crippen LogP) is 2.67. The summed E-state index contributed by atoms with van der Waals surface area (Å²) >= 11 is 5.95. The quantitative estimate of drug-likeness (QED) is 0.385. The Hall–Kier alpha value is -2.97. The molecular weight excluding hydrogens is 430 g/mol. The smallest absolute Gasteiger partial charge is 0.392 e. The molecule has 4 amide bonds. The van der Waals surface area contributed by atoms with Crippen molar-refractivity contribution in [1.29, 1.82) is 0 Å². The lowest BCUT2D eigenvalue weighted by molar-refractivity contribution is -0.128. The van der Waals surface area contributed by atoms with Crippen molar-refractivity contribution >= 4 is 52.2 Å². The fourth-order valence-corrected chi connectivity index (χ4v) is 4.39. The lowest BCUT2D eigenvalue weighted by atomic mass is 10.2.